The number of hydrogen-bond donors (Lipinski definition) is 3. The van der Waals surface area contributed by atoms with Crippen molar-refractivity contribution in [2.45, 2.75) is 12.6 Å². The molecular formula is C28H30N2O+2. The predicted molar refractivity (Wildman–Crippen MR) is 125 cm³/mol. The first kappa shape index (κ1) is 19.8. The molecule has 1 fully saturated rings. The van der Waals surface area contributed by atoms with Crippen LogP contribution in [0.15, 0.2) is 97.1 Å². The summed E-state index contributed by atoms with van der Waals surface area (Å²) in [5.41, 5.74) is 3.86. The normalized spacial score (nSPS) is 19.0. The maximum Gasteiger partial charge on any atom is 0.139 e. The molecule has 0 atom stereocenters. The van der Waals surface area contributed by atoms with Gasteiger partial charge < -0.3 is 14.9 Å². The topological polar surface area (TPSA) is 29.1 Å². The fraction of sp³-hybridized carbons (Fsp3) is 0.214. The van der Waals surface area contributed by atoms with Gasteiger partial charge in [-0.1, -0.05) is 91.0 Å². The van der Waals surface area contributed by atoms with Crippen molar-refractivity contribution in [3.63, 3.8) is 0 Å². The minimum absolute atomic E-state index is 0.370. The molecule has 5 rings (SSSR count). The summed E-state index contributed by atoms with van der Waals surface area (Å²) in [6.45, 7) is 5.33. The van der Waals surface area contributed by atoms with Crippen molar-refractivity contribution < 1.29 is 14.9 Å². The molecule has 0 aliphatic carbocycles. The number of phenolic OH excluding ortho intramolecular Hbond substituents is 1. The number of aromatic hydroxyl groups is 1. The van der Waals surface area contributed by atoms with E-state index in [0.717, 1.165) is 38.3 Å². The van der Waals surface area contributed by atoms with Crippen molar-refractivity contribution in [3.8, 4) is 5.75 Å². The smallest absolute Gasteiger partial charge is 0.139 e. The maximum atomic E-state index is 10.6. The Hall–Kier alpha value is -3.14. The van der Waals surface area contributed by atoms with Gasteiger partial charge in [0.05, 0.1) is 5.56 Å². The van der Waals surface area contributed by atoms with Crippen molar-refractivity contribution in [3.05, 3.63) is 114 Å². The van der Waals surface area contributed by atoms with Gasteiger partial charge in [0.2, 0.25) is 0 Å². The first-order chi connectivity index (χ1) is 15.3. The minimum Gasteiger partial charge on any atom is -0.507 e. The Labute approximate surface area is 184 Å². The molecule has 0 spiro atoms. The number of benzene rings is 4. The highest BCUT2D eigenvalue weighted by molar-refractivity contribution is 5.87. The zero-order valence-corrected chi connectivity index (χ0v) is 17.8. The molecule has 0 aromatic heterocycles. The molecule has 156 valence electrons. The van der Waals surface area contributed by atoms with E-state index in [4.69, 9.17) is 0 Å². The minimum atomic E-state index is 0.370. The Morgan fingerprint density at radius 3 is 1.87 bits per heavy atom. The van der Waals surface area contributed by atoms with Gasteiger partial charge in [-0.2, -0.15) is 0 Å². The lowest BCUT2D eigenvalue weighted by Crippen LogP contribution is -3.27. The summed E-state index contributed by atoms with van der Waals surface area (Å²) >= 11 is 0. The molecule has 0 bridgehead atoms. The summed E-state index contributed by atoms with van der Waals surface area (Å²) < 4.78 is 0. The quantitative estimate of drug-likeness (QED) is 0.464. The summed E-state index contributed by atoms with van der Waals surface area (Å²) in [5, 5.41) is 12.9. The monoisotopic (exact) mass is 410 g/mol. The molecule has 0 amide bonds. The molecule has 0 saturated carbocycles. The van der Waals surface area contributed by atoms with Gasteiger partial charge in [-0.3, -0.25) is 0 Å². The van der Waals surface area contributed by atoms with Gasteiger partial charge >= 0.3 is 0 Å². The van der Waals surface area contributed by atoms with Crippen molar-refractivity contribution in [1.82, 2.24) is 0 Å². The van der Waals surface area contributed by atoms with E-state index in [9.17, 15) is 5.11 Å². The summed E-state index contributed by atoms with van der Waals surface area (Å²) in [6.07, 6.45) is 0. The lowest BCUT2D eigenvalue weighted by molar-refractivity contribution is -1.03. The Morgan fingerprint density at radius 1 is 0.645 bits per heavy atom. The zero-order valence-electron chi connectivity index (χ0n) is 17.8. The number of piperazine rings is 1. The van der Waals surface area contributed by atoms with E-state index in [1.165, 1.54) is 21.9 Å². The lowest BCUT2D eigenvalue weighted by Gasteiger charge is -2.35. The lowest BCUT2D eigenvalue weighted by atomic mass is 9.96. The number of quaternary nitrogens is 2. The molecule has 3 N–H and O–H groups in total. The second-order valence-electron chi connectivity index (χ2n) is 8.62. The van der Waals surface area contributed by atoms with Crippen LogP contribution in [0.5, 0.6) is 5.75 Å². The number of phenols is 1. The standard InChI is InChI=1S/C28H28N2O/c31-27-16-15-22-9-7-8-14-25(22)26(27)21-29-17-19-30(20-18-29)28(23-10-3-1-4-11-23)24-12-5-2-6-13-24/h1-16,28,31H,17-21H2/p+2. The van der Waals surface area contributed by atoms with Crippen molar-refractivity contribution in [2.24, 2.45) is 0 Å². The van der Waals surface area contributed by atoms with Crippen LogP contribution in [0.3, 0.4) is 0 Å². The number of nitrogens with one attached hydrogen (secondary N) is 2. The number of rotatable bonds is 5. The van der Waals surface area contributed by atoms with Crippen molar-refractivity contribution >= 4 is 10.8 Å². The van der Waals surface area contributed by atoms with Gasteiger partial charge in [0.1, 0.15) is 44.5 Å². The zero-order chi connectivity index (χ0) is 21.0. The van der Waals surface area contributed by atoms with E-state index >= 15 is 0 Å². The third-order valence-electron chi connectivity index (χ3n) is 6.72. The van der Waals surface area contributed by atoms with E-state index in [0.29, 0.717) is 11.8 Å². The maximum absolute atomic E-state index is 10.6. The van der Waals surface area contributed by atoms with Gasteiger partial charge in [0.25, 0.3) is 0 Å². The summed E-state index contributed by atoms with van der Waals surface area (Å²) in [6, 6.07) is 34.4. The first-order valence-electron chi connectivity index (χ1n) is 11.3. The van der Waals surface area contributed by atoms with Crippen LogP contribution < -0.4 is 9.80 Å². The second kappa shape index (κ2) is 8.93. The van der Waals surface area contributed by atoms with E-state index < -0.39 is 0 Å². The van der Waals surface area contributed by atoms with Gasteiger partial charge in [0.15, 0.2) is 0 Å². The van der Waals surface area contributed by atoms with Gasteiger partial charge in [0, 0.05) is 11.1 Å². The Bertz CT molecular complexity index is 1100. The predicted octanol–water partition coefficient (Wildman–Crippen LogP) is 2.62. The van der Waals surface area contributed by atoms with Crippen LogP contribution in [0.2, 0.25) is 0 Å². The van der Waals surface area contributed by atoms with E-state index in [1.807, 2.05) is 12.1 Å². The molecule has 3 nitrogen and oxygen atoms in total. The van der Waals surface area contributed by atoms with E-state index in [1.54, 1.807) is 9.80 Å². The van der Waals surface area contributed by atoms with E-state index in [2.05, 4.69) is 84.9 Å². The third-order valence-corrected chi connectivity index (χ3v) is 6.72. The molecule has 0 unspecified atom stereocenters. The Balaban J connectivity index is 1.34. The average molecular weight is 411 g/mol. The molecule has 0 radical (unpaired) electrons. The highest BCUT2D eigenvalue weighted by Crippen LogP contribution is 2.26. The summed E-state index contributed by atoms with van der Waals surface area (Å²) in [4.78, 5) is 3.18. The highest BCUT2D eigenvalue weighted by atomic mass is 16.3. The molecule has 1 heterocycles. The fourth-order valence-corrected chi connectivity index (χ4v) is 5.11. The fourth-order valence-electron chi connectivity index (χ4n) is 5.11. The largest absolute Gasteiger partial charge is 0.507 e. The summed E-state index contributed by atoms with van der Waals surface area (Å²) in [5.74, 6) is 0.424. The SMILES string of the molecule is Oc1ccc2ccccc2c1C[NH+]1CC[NH+](C(c2ccccc2)c2ccccc2)CC1. The summed E-state index contributed by atoms with van der Waals surface area (Å²) in [7, 11) is 0. The first-order valence-corrected chi connectivity index (χ1v) is 11.3. The van der Waals surface area contributed by atoms with Crippen LogP contribution in [0.1, 0.15) is 22.7 Å². The van der Waals surface area contributed by atoms with Crippen LogP contribution in [0.25, 0.3) is 10.8 Å². The van der Waals surface area contributed by atoms with Crippen LogP contribution in [-0.2, 0) is 6.54 Å². The Morgan fingerprint density at radius 2 is 1.23 bits per heavy atom. The van der Waals surface area contributed by atoms with E-state index in [-0.39, 0.29) is 0 Å². The average Bonchev–Trinajstić information content (AvgIpc) is 2.83. The molecule has 31 heavy (non-hydrogen) atoms. The van der Waals surface area contributed by atoms with Gasteiger partial charge in [-0.15, -0.1) is 0 Å². The number of hydrogen-bond acceptors (Lipinski definition) is 1. The molecule has 4 aromatic rings. The van der Waals surface area contributed by atoms with Crippen LogP contribution >= 0.6 is 0 Å². The van der Waals surface area contributed by atoms with Crippen LogP contribution in [-0.4, -0.2) is 31.3 Å². The van der Waals surface area contributed by atoms with Crippen molar-refractivity contribution in [2.75, 3.05) is 26.2 Å². The highest BCUT2D eigenvalue weighted by Gasteiger charge is 2.32. The van der Waals surface area contributed by atoms with Crippen LogP contribution in [0.4, 0.5) is 0 Å². The third kappa shape index (κ3) is 4.20. The molecular weight excluding hydrogens is 380 g/mol. The Kier molecular flexibility index (Phi) is 5.70. The van der Waals surface area contributed by atoms with Crippen molar-refractivity contribution in [1.29, 1.82) is 0 Å². The van der Waals surface area contributed by atoms with Gasteiger partial charge in [-0.05, 0) is 16.8 Å². The van der Waals surface area contributed by atoms with Gasteiger partial charge in [-0.25, -0.2) is 0 Å². The molecule has 1 aliphatic heterocycles. The number of fused-ring (bicyclic) bond motifs is 1. The second-order valence-corrected chi connectivity index (χ2v) is 8.62. The molecule has 1 saturated heterocycles. The van der Waals surface area contributed by atoms with Crippen LogP contribution in [0, 0.1) is 0 Å². The molecule has 4 aromatic carbocycles. The molecule has 1 aliphatic rings. The molecule has 3 heteroatoms.